The van der Waals surface area contributed by atoms with Crippen LogP contribution in [0.15, 0.2) is 18.3 Å². The van der Waals surface area contributed by atoms with Gasteiger partial charge in [0.25, 0.3) is 5.91 Å². The molecule has 0 aliphatic carbocycles. The summed E-state index contributed by atoms with van der Waals surface area (Å²) in [7, 11) is -3.18. The number of sulfonamides is 1. The molecule has 0 unspecified atom stereocenters. The third-order valence-electron chi connectivity index (χ3n) is 3.72. The highest BCUT2D eigenvalue weighted by molar-refractivity contribution is 7.89. The van der Waals surface area contributed by atoms with Crippen molar-refractivity contribution in [1.29, 1.82) is 0 Å². The van der Waals surface area contributed by atoms with E-state index in [9.17, 15) is 13.2 Å². The minimum Gasteiger partial charge on any atom is -0.357 e. The minimum atomic E-state index is -3.18. The number of H-pyrrole nitrogens is 1. The number of nitrogens with zero attached hydrogens (tertiary/aromatic N) is 2. The van der Waals surface area contributed by atoms with Gasteiger partial charge in [0, 0.05) is 32.4 Å². The lowest BCUT2D eigenvalue weighted by atomic mass is 10.3. The molecule has 2 heterocycles. The molecule has 6 nitrogen and oxygen atoms in total. The van der Waals surface area contributed by atoms with E-state index >= 15 is 0 Å². The van der Waals surface area contributed by atoms with Gasteiger partial charge in [0.15, 0.2) is 0 Å². The van der Waals surface area contributed by atoms with E-state index in [2.05, 4.69) is 4.98 Å². The average molecular weight is 313 g/mol. The van der Waals surface area contributed by atoms with E-state index in [-0.39, 0.29) is 11.7 Å². The van der Waals surface area contributed by atoms with Crippen LogP contribution in [0.2, 0.25) is 0 Å². The quantitative estimate of drug-likeness (QED) is 0.890. The smallest absolute Gasteiger partial charge is 0.270 e. The Labute approximate surface area is 126 Å². The number of amides is 1. The highest BCUT2D eigenvalue weighted by Gasteiger charge is 2.26. The SMILES string of the molecule is CCCCS(=O)(=O)N1CCCN(C(=O)c2ccc[nH]2)CC1. The van der Waals surface area contributed by atoms with Crippen LogP contribution in [0.5, 0.6) is 0 Å². The van der Waals surface area contributed by atoms with Gasteiger partial charge in [-0.05, 0) is 25.0 Å². The Bertz CT molecular complexity index is 554. The van der Waals surface area contributed by atoms with Gasteiger partial charge in [-0.25, -0.2) is 12.7 Å². The normalized spacial score (nSPS) is 17.7. The Morgan fingerprint density at radius 3 is 2.76 bits per heavy atom. The fraction of sp³-hybridized carbons (Fsp3) is 0.643. The van der Waals surface area contributed by atoms with Crippen LogP contribution in [0.4, 0.5) is 0 Å². The van der Waals surface area contributed by atoms with Gasteiger partial charge in [0.2, 0.25) is 10.0 Å². The molecule has 0 saturated carbocycles. The Hall–Kier alpha value is -1.34. The Morgan fingerprint density at radius 2 is 2.10 bits per heavy atom. The Kier molecular flexibility index (Phi) is 5.41. The van der Waals surface area contributed by atoms with Gasteiger partial charge in [-0.1, -0.05) is 13.3 Å². The van der Waals surface area contributed by atoms with Gasteiger partial charge < -0.3 is 9.88 Å². The van der Waals surface area contributed by atoms with Crippen LogP contribution in [0.3, 0.4) is 0 Å². The van der Waals surface area contributed by atoms with Crippen molar-refractivity contribution in [3.05, 3.63) is 24.0 Å². The van der Waals surface area contributed by atoms with Crippen molar-refractivity contribution in [1.82, 2.24) is 14.2 Å². The first-order valence-electron chi connectivity index (χ1n) is 7.45. The molecule has 0 aromatic carbocycles. The van der Waals surface area contributed by atoms with Gasteiger partial charge in [-0.2, -0.15) is 0 Å². The molecule has 1 fully saturated rings. The first-order chi connectivity index (χ1) is 10.0. The first kappa shape index (κ1) is 16.0. The third kappa shape index (κ3) is 4.07. The molecule has 1 N–H and O–H groups in total. The maximum Gasteiger partial charge on any atom is 0.270 e. The standard InChI is InChI=1S/C14H23N3O3S/c1-2-3-12-21(19,20)17-9-5-8-16(10-11-17)14(18)13-6-4-7-15-13/h4,6-7,15H,2-3,5,8-12H2,1H3. The molecule has 7 heteroatoms. The summed E-state index contributed by atoms with van der Waals surface area (Å²) in [5.74, 6) is 0.140. The Balaban J connectivity index is 1.97. The molecule has 1 aliphatic heterocycles. The molecule has 1 aliphatic rings. The number of aromatic amines is 1. The summed E-state index contributed by atoms with van der Waals surface area (Å²) in [4.78, 5) is 16.9. The van der Waals surface area contributed by atoms with Crippen molar-refractivity contribution >= 4 is 15.9 Å². The zero-order chi connectivity index (χ0) is 15.3. The molecule has 0 atom stereocenters. The molecule has 1 saturated heterocycles. The second-order valence-electron chi connectivity index (χ2n) is 5.30. The van der Waals surface area contributed by atoms with Crippen LogP contribution in [0.1, 0.15) is 36.7 Å². The number of carbonyl (C=O) groups is 1. The number of aromatic nitrogens is 1. The van der Waals surface area contributed by atoms with E-state index in [1.807, 2.05) is 6.92 Å². The van der Waals surface area contributed by atoms with Gasteiger partial charge >= 0.3 is 0 Å². The summed E-state index contributed by atoms with van der Waals surface area (Å²) in [6.45, 7) is 3.91. The summed E-state index contributed by atoms with van der Waals surface area (Å²) in [5, 5.41) is 0. The Morgan fingerprint density at radius 1 is 1.29 bits per heavy atom. The van der Waals surface area contributed by atoms with Crippen LogP contribution >= 0.6 is 0 Å². The number of nitrogens with one attached hydrogen (secondary N) is 1. The maximum absolute atomic E-state index is 12.3. The summed E-state index contributed by atoms with van der Waals surface area (Å²) < 4.78 is 26.0. The maximum atomic E-state index is 12.3. The molecule has 0 radical (unpaired) electrons. The van der Waals surface area contributed by atoms with E-state index in [4.69, 9.17) is 0 Å². The first-order valence-corrected chi connectivity index (χ1v) is 9.06. The zero-order valence-corrected chi connectivity index (χ0v) is 13.2. The lowest BCUT2D eigenvalue weighted by Gasteiger charge is -2.21. The summed E-state index contributed by atoms with van der Waals surface area (Å²) in [6, 6.07) is 3.52. The van der Waals surface area contributed by atoms with E-state index in [1.54, 1.807) is 23.2 Å². The predicted octanol–water partition coefficient (Wildman–Crippen LogP) is 1.29. The van der Waals surface area contributed by atoms with Crippen molar-refractivity contribution in [2.24, 2.45) is 0 Å². The second kappa shape index (κ2) is 7.09. The lowest BCUT2D eigenvalue weighted by molar-refractivity contribution is 0.0759. The minimum absolute atomic E-state index is 0.0622. The van der Waals surface area contributed by atoms with Crippen molar-refractivity contribution in [3.8, 4) is 0 Å². The molecule has 1 amide bonds. The number of rotatable bonds is 5. The summed E-state index contributed by atoms with van der Waals surface area (Å²) in [6.07, 6.45) is 3.94. The van der Waals surface area contributed by atoms with Crippen molar-refractivity contribution in [2.75, 3.05) is 31.9 Å². The highest BCUT2D eigenvalue weighted by Crippen LogP contribution is 2.12. The molecule has 1 aromatic heterocycles. The number of hydrogen-bond donors (Lipinski definition) is 1. The fourth-order valence-electron chi connectivity index (χ4n) is 2.46. The summed E-state index contributed by atoms with van der Waals surface area (Å²) in [5.41, 5.74) is 0.553. The molecule has 0 spiro atoms. The van der Waals surface area contributed by atoms with Crippen LogP contribution in [0, 0.1) is 0 Å². The largest absolute Gasteiger partial charge is 0.357 e. The van der Waals surface area contributed by atoms with Crippen LogP contribution < -0.4 is 0 Å². The fourth-order valence-corrected chi connectivity index (χ4v) is 4.14. The topological polar surface area (TPSA) is 73.5 Å². The van der Waals surface area contributed by atoms with Gasteiger partial charge in [-0.3, -0.25) is 4.79 Å². The number of carbonyl (C=O) groups excluding carboxylic acids is 1. The second-order valence-corrected chi connectivity index (χ2v) is 7.39. The van der Waals surface area contributed by atoms with Gasteiger partial charge in [0.05, 0.1) is 5.75 Å². The van der Waals surface area contributed by atoms with Crippen LogP contribution in [-0.2, 0) is 10.0 Å². The summed E-state index contributed by atoms with van der Waals surface area (Å²) >= 11 is 0. The van der Waals surface area contributed by atoms with E-state index < -0.39 is 10.0 Å². The average Bonchev–Trinajstić information content (AvgIpc) is 2.88. The molecule has 118 valence electrons. The van der Waals surface area contributed by atoms with Crippen molar-refractivity contribution < 1.29 is 13.2 Å². The van der Waals surface area contributed by atoms with Gasteiger partial charge in [0.1, 0.15) is 5.69 Å². The molecule has 1 aromatic rings. The number of hydrogen-bond acceptors (Lipinski definition) is 3. The van der Waals surface area contributed by atoms with E-state index in [0.29, 0.717) is 44.7 Å². The lowest BCUT2D eigenvalue weighted by Crippen LogP contribution is -2.38. The monoisotopic (exact) mass is 313 g/mol. The highest BCUT2D eigenvalue weighted by atomic mass is 32.2. The molecular weight excluding hydrogens is 290 g/mol. The van der Waals surface area contributed by atoms with E-state index in [0.717, 1.165) is 6.42 Å². The van der Waals surface area contributed by atoms with Crippen LogP contribution in [-0.4, -0.2) is 60.4 Å². The molecule has 2 rings (SSSR count). The molecular formula is C14H23N3O3S. The molecule has 21 heavy (non-hydrogen) atoms. The molecule has 0 bridgehead atoms. The predicted molar refractivity (Wildman–Crippen MR) is 81.6 cm³/mol. The van der Waals surface area contributed by atoms with Gasteiger partial charge in [-0.15, -0.1) is 0 Å². The van der Waals surface area contributed by atoms with Crippen molar-refractivity contribution in [3.63, 3.8) is 0 Å². The number of unbranched alkanes of at least 4 members (excludes halogenated alkanes) is 1. The zero-order valence-electron chi connectivity index (χ0n) is 12.4. The van der Waals surface area contributed by atoms with Crippen molar-refractivity contribution in [2.45, 2.75) is 26.2 Å². The third-order valence-corrected chi connectivity index (χ3v) is 5.68. The van der Waals surface area contributed by atoms with E-state index in [1.165, 1.54) is 4.31 Å². The van der Waals surface area contributed by atoms with Crippen LogP contribution in [0.25, 0.3) is 0 Å².